The van der Waals surface area contributed by atoms with Crippen LogP contribution >= 0.6 is 0 Å². The van der Waals surface area contributed by atoms with Crippen LogP contribution in [-0.2, 0) is 21.4 Å². The Morgan fingerprint density at radius 1 is 0.900 bits per heavy atom. The van der Waals surface area contributed by atoms with Gasteiger partial charge in [-0.15, -0.1) is 26.3 Å². The maximum atomic E-state index is 13.8. The van der Waals surface area contributed by atoms with Crippen LogP contribution < -0.4 is 25.0 Å². The van der Waals surface area contributed by atoms with Crippen molar-refractivity contribution in [2.24, 2.45) is 0 Å². The number of ether oxygens (including phenoxy) is 2. The number of hydrogen-bond acceptors (Lipinski definition) is 10. The lowest BCUT2D eigenvalue weighted by Gasteiger charge is -2.40. The fourth-order valence-electron chi connectivity index (χ4n) is 5.15. The summed E-state index contributed by atoms with van der Waals surface area (Å²) < 4.78 is 112. The summed E-state index contributed by atoms with van der Waals surface area (Å²) in [6, 6.07) is 7.34. The van der Waals surface area contributed by atoms with E-state index in [2.05, 4.69) is 35.1 Å². The fraction of sp³-hybridized carbons (Fsp3) is 0.300. The van der Waals surface area contributed by atoms with E-state index in [1.54, 1.807) is 4.90 Å². The molecule has 20 heteroatoms. The Hall–Kier alpha value is -5.24. The third-order valence-corrected chi connectivity index (χ3v) is 9.37. The predicted molar refractivity (Wildman–Crippen MR) is 163 cm³/mol. The number of rotatable bonds is 10. The number of aromatic nitrogens is 3. The molecule has 266 valence electrons. The zero-order valence-electron chi connectivity index (χ0n) is 25.8. The first kappa shape index (κ1) is 36.1. The van der Waals surface area contributed by atoms with Gasteiger partial charge in [0.25, 0.3) is 5.91 Å². The molecule has 13 nitrogen and oxygen atoms in total. The summed E-state index contributed by atoms with van der Waals surface area (Å²) in [5.74, 6) is -1.89. The van der Waals surface area contributed by atoms with Crippen molar-refractivity contribution in [3.8, 4) is 11.5 Å². The van der Waals surface area contributed by atoms with Gasteiger partial charge in [-0.3, -0.25) is 14.6 Å². The summed E-state index contributed by atoms with van der Waals surface area (Å²) in [5, 5.41) is 5.11. The lowest BCUT2D eigenvalue weighted by molar-refractivity contribution is -0.275. The Morgan fingerprint density at radius 2 is 1.52 bits per heavy atom. The smallest absolute Gasteiger partial charge is 0.406 e. The molecule has 0 spiro atoms. The number of nitrogens with zero attached hydrogens (tertiary/aromatic N) is 5. The highest BCUT2D eigenvalue weighted by Gasteiger charge is 2.38. The second-order valence-electron chi connectivity index (χ2n) is 10.8. The molecule has 0 aliphatic carbocycles. The number of halogens is 6. The Morgan fingerprint density at radius 3 is 2.12 bits per heavy atom. The van der Waals surface area contributed by atoms with E-state index in [0.717, 1.165) is 40.7 Å². The highest BCUT2D eigenvalue weighted by Crippen LogP contribution is 2.29. The van der Waals surface area contributed by atoms with Crippen molar-refractivity contribution in [1.82, 2.24) is 29.9 Å². The van der Waals surface area contributed by atoms with Crippen LogP contribution in [0, 0.1) is 0 Å². The maximum Gasteiger partial charge on any atom is 0.573 e. The number of sulfonamides is 1. The Balaban J connectivity index is 1.38. The molecule has 1 saturated heterocycles. The number of amides is 2. The van der Waals surface area contributed by atoms with Crippen LogP contribution in [0.5, 0.6) is 11.5 Å². The Labute approximate surface area is 280 Å². The summed E-state index contributed by atoms with van der Waals surface area (Å²) >= 11 is 0. The minimum Gasteiger partial charge on any atom is -0.406 e. The number of pyridine rings is 1. The number of fused-ring (bicyclic) bond motifs is 1. The second-order valence-corrected chi connectivity index (χ2v) is 12.7. The van der Waals surface area contributed by atoms with Crippen LogP contribution in [0.3, 0.4) is 0 Å². The van der Waals surface area contributed by atoms with Crippen LogP contribution in [0.25, 0.3) is 11.0 Å². The van der Waals surface area contributed by atoms with Crippen molar-refractivity contribution in [2.75, 3.05) is 31.6 Å². The van der Waals surface area contributed by atoms with Crippen molar-refractivity contribution >= 4 is 38.7 Å². The standard InChI is InChI=1S/C30H27F6N7O6S/c1-37-28(45)23-14-38-15-24-27(23)41-25(16-39-24)42-10-11-43(50(46,47)22-8-6-21(7-9-22)49-30(34,35)36)19(17-42)12-26(44)40-13-18-2-4-20(5-3-18)48-29(31,32)33/h2-9,14-16,19H,10-13,17H2,1H3,(H,37,45)(H,40,44)/t19-/m0/s1. The molecule has 1 aliphatic rings. The van der Waals surface area contributed by atoms with Gasteiger partial charge in [-0.1, -0.05) is 12.1 Å². The van der Waals surface area contributed by atoms with Gasteiger partial charge in [0.15, 0.2) is 0 Å². The molecule has 0 unspecified atom stereocenters. The molecule has 1 fully saturated rings. The van der Waals surface area contributed by atoms with E-state index in [9.17, 15) is 44.3 Å². The van der Waals surface area contributed by atoms with Gasteiger partial charge in [0, 0.05) is 45.8 Å². The van der Waals surface area contributed by atoms with Crippen LogP contribution in [0.2, 0.25) is 0 Å². The van der Waals surface area contributed by atoms with Gasteiger partial charge in [0.05, 0.1) is 28.9 Å². The van der Waals surface area contributed by atoms with Gasteiger partial charge in [-0.2, -0.15) is 4.31 Å². The molecular weight excluding hydrogens is 700 g/mol. The number of nitrogens with one attached hydrogen (secondary N) is 2. The summed E-state index contributed by atoms with van der Waals surface area (Å²) in [7, 11) is -2.95. The van der Waals surface area contributed by atoms with Crippen LogP contribution in [0.1, 0.15) is 22.3 Å². The number of hydrogen-bond donors (Lipinski definition) is 2. The molecule has 2 aromatic carbocycles. The molecular formula is C30H27F6N7O6S. The molecule has 5 rings (SSSR count). The molecule has 1 atom stereocenters. The first-order valence-corrected chi connectivity index (χ1v) is 16.0. The number of benzene rings is 2. The van der Waals surface area contributed by atoms with Crippen molar-refractivity contribution in [2.45, 2.75) is 36.6 Å². The summed E-state index contributed by atoms with van der Waals surface area (Å²) in [6.07, 6.45) is -6.12. The molecule has 2 aromatic heterocycles. The lowest BCUT2D eigenvalue weighted by atomic mass is 10.1. The Bertz CT molecular complexity index is 1960. The lowest BCUT2D eigenvalue weighted by Crippen LogP contribution is -2.56. The first-order chi connectivity index (χ1) is 23.5. The predicted octanol–water partition coefficient (Wildman–Crippen LogP) is 3.77. The molecule has 0 saturated carbocycles. The summed E-state index contributed by atoms with van der Waals surface area (Å²) in [4.78, 5) is 39.8. The molecule has 1 aliphatic heterocycles. The normalized spacial score (nSPS) is 15.8. The molecule has 0 radical (unpaired) electrons. The third-order valence-electron chi connectivity index (χ3n) is 7.40. The van der Waals surface area contributed by atoms with Gasteiger partial charge in [0.2, 0.25) is 15.9 Å². The van der Waals surface area contributed by atoms with Crippen LogP contribution in [0.15, 0.2) is 72.0 Å². The van der Waals surface area contributed by atoms with Crippen molar-refractivity contribution in [3.05, 3.63) is 78.2 Å². The number of anilines is 1. The van der Waals surface area contributed by atoms with E-state index >= 15 is 0 Å². The summed E-state index contributed by atoms with van der Waals surface area (Å²) in [6.45, 7) is -0.326. The number of carbonyl (C=O) groups excluding carboxylic acids is 2. The average molecular weight is 728 g/mol. The third kappa shape index (κ3) is 8.86. The summed E-state index contributed by atoms with van der Waals surface area (Å²) in [5.41, 5.74) is 1.13. The highest BCUT2D eigenvalue weighted by atomic mass is 32.2. The number of carbonyl (C=O) groups is 2. The van der Waals surface area contributed by atoms with Crippen molar-refractivity contribution in [1.29, 1.82) is 0 Å². The van der Waals surface area contributed by atoms with Gasteiger partial charge in [0.1, 0.15) is 28.4 Å². The van der Waals surface area contributed by atoms with Gasteiger partial charge < -0.3 is 25.0 Å². The van der Waals surface area contributed by atoms with Crippen molar-refractivity contribution < 1.29 is 53.8 Å². The van der Waals surface area contributed by atoms with E-state index in [-0.39, 0.29) is 48.0 Å². The van der Waals surface area contributed by atoms with E-state index in [1.807, 2.05) is 0 Å². The van der Waals surface area contributed by atoms with E-state index in [0.29, 0.717) is 11.1 Å². The zero-order chi connectivity index (χ0) is 36.3. The van der Waals surface area contributed by atoms with E-state index in [4.69, 9.17) is 0 Å². The quantitative estimate of drug-likeness (QED) is 0.231. The van der Waals surface area contributed by atoms with Crippen molar-refractivity contribution in [3.63, 3.8) is 0 Å². The molecule has 50 heavy (non-hydrogen) atoms. The van der Waals surface area contributed by atoms with Gasteiger partial charge in [-0.05, 0) is 42.0 Å². The second kappa shape index (κ2) is 14.3. The van der Waals surface area contributed by atoms with Gasteiger partial charge in [-0.25, -0.2) is 18.4 Å². The van der Waals surface area contributed by atoms with E-state index in [1.165, 1.54) is 37.8 Å². The van der Waals surface area contributed by atoms with E-state index < -0.39 is 58.5 Å². The molecule has 2 N–H and O–H groups in total. The number of piperazine rings is 1. The maximum absolute atomic E-state index is 13.8. The molecule has 3 heterocycles. The Kier molecular flexibility index (Phi) is 10.3. The molecule has 4 aromatic rings. The fourth-order valence-corrected chi connectivity index (χ4v) is 6.76. The monoisotopic (exact) mass is 727 g/mol. The minimum absolute atomic E-state index is 0.0551. The number of alkyl halides is 6. The SMILES string of the molecule is CNC(=O)c1cncc2ncc(N3CCN(S(=O)(=O)c4ccc(OC(F)(F)F)cc4)[C@@H](CC(=O)NCc4ccc(OC(F)(F)F)cc4)C3)nc12. The van der Waals surface area contributed by atoms with Crippen LogP contribution in [-0.4, -0.2) is 84.9 Å². The molecule has 0 bridgehead atoms. The van der Waals surface area contributed by atoms with Crippen LogP contribution in [0.4, 0.5) is 32.2 Å². The largest absolute Gasteiger partial charge is 0.573 e. The zero-order valence-corrected chi connectivity index (χ0v) is 26.6. The minimum atomic E-state index is -4.99. The topological polar surface area (TPSA) is 156 Å². The highest BCUT2D eigenvalue weighted by molar-refractivity contribution is 7.89. The van der Waals surface area contributed by atoms with Gasteiger partial charge >= 0.3 is 12.7 Å². The molecule has 2 amide bonds. The first-order valence-electron chi connectivity index (χ1n) is 14.6. The average Bonchev–Trinajstić information content (AvgIpc) is 3.06.